The number of hydrogen-bond acceptors (Lipinski definition) is 3. The Balaban J connectivity index is 1.59. The minimum absolute atomic E-state index is 0.167. The van der Waals surface area contributed by atoms with Crippen molar-refractivity contribution in [1.82, 2.24) is 9.88 Å². The Bertz CT molecular complexity index is 862. The van der Waals surface area contributed by atoms with Crippen molar-refractivity contribution in [2.45, 2.75) is 38.6 Å². The number of likely N-dealkylation sites (tertiary alicyclic amines) is 1. The fraction of sp³-hybridized carbons (Fsp3) is 0.381. The van der Waals surface area contributed by atoms with Crippen molar-refractivity contribution < 1.29 is 9.59 Å². The molecular formula is C21H23N3O2. The fourth-order valence-electron chi connectivity index (χ4n) is 3.82. The number of rotatable bonds is 3. The van der Waals surface area contributed by atoms with Crippen LogP contribution in [0.5, 0.6) is 0 Å². The van der Waals surface area contributed by atoms with E-state index in [2.05, 4.69) is 17.1 Å². The van der Waals surface area contributed by atoms with Gasteiger partial charge < -0.3 is 9.80 Å². The summed E-state index contributed by atoms with van der Waals surface area (Å²) in [7, 11) is 1.83. The maximum absolute atomic E-state index is 12.0. The monoisotopic (exact) mass is 349 g/mol. The number of carbonyl (C=O) groups is 2. The van der Waals surface area contributed by atoms with E-state index in [1.807, 2.05) is 36.5 Å². The minimum Gasteiger partial charge on any atom is -0.338 e. The molecule has 1 fully saturated rings. The maximum atomic E-state index is 12.0. The molecule has 0 radical (unpaired) electrons. The molecule has 5 nitrogen and oxygen atoms in total. The van der Waals surface area contributed by atoms with E-state index >= 15 is 0 Å². The zero-order chi connectivity index (χ0) is 18.1. The predicted octanol–water partition coefficient (Wildman–Crippen LogP) is 3.17. The van der Waals surface area contributed by atoms with Crippen molar-refractivity contribution in [2.75, 3.05) is 18.5 Å². The summed E-state index contributed by atoms with van der Waals surface area (Å²) in [5.74, 6) is 0.406. The van der Waals surface area contributed by atoms with Crippen molar-refractivity contribution in [1.29, 1.82) is 0 Å². The summed E-state index contributed by atoms with van der Waals surface area (Å²) in [5, 5.41) is 0. The topological polar surface area (TPSA) is 53.5 Å². The van der Waals surface area contributed by atoms with E-state index in [1.54, 1.807) is 4.90 Å². The van der Waals surface area contributed by atoms with E-state index in [1.165, 1.54) is 5.56 Å². The molecule has 1 aromatic carbocycles. The van der Waals surface area contributed by atoms with E-state index < -0.39 is 0 Å². The molecule has 0 N–H and O–H groups in total. The quantitative estimate of drug-likeness (QED) is 0.855. The van der Waals surface area contributed by atoms with Gasteiger partial charge in [0.25, 0.3) is 0 Å². The molecule has 2 aliphatic rings. The van der Waals surface area contributed by atoms with Crippen LogP contribution >= 0.6 is 0 Å². The number of carbonyl (C=O) groups excluding carboxylic acids is 2. The summed E-state index contributed by atoms with van der Waals surface area (Å²) >= 11 is 0. The number of benzene rings is 1. The highest BCUT2D eigenvalue weighted by atomic mass is 16.2. The van der Waals surface area contributed by atoms with E-state index in [0.29, 0.717) is 19.4 Å². The van der Waals surface area contributed by atoms with Crippen molar-refractivity contribution in [3.05, 3.63) is 47.8 Å². The molecule has 0 atom stereocenters. The Morgan fingerprint density at radius 3 is 2.69 bits per heavy atom. The van der Waals surface area contributed by atoms with Gasteiger partial charge in [0.15, 0.2) is 0 Å². The van der Waals surface area contributed by atoms with Gasteiger partial charge in [-0.2, -0.15) is 0 Å². The van der Waals surface area contributed by atoms with E-state index in [0.717, 1.165) is 48.2 Å². The Labute approximate surface area is 153 Å². The molecule has 2 amide bonds. The van der Waals surface area contributed by atoms with Gasteiger partial charge in [0.2, 0.25) is 11.8 Å². The molecule has 3 heterocycles. The third-order valence-electron chi connectivity index (χ3n) is 5.35. The van der Waals surface area contributed by atoms with Gasteiger partial charge in [0.05, 0.1) is 0 Å². The molecule has 0 bridgehead atoms. The van der Waals surface area contributed by atoms with Gasteiger partial charge in [-0.3, -0.25) is 14.6 Å². The standard InChI is InChI=1S/C21H23N3O2/c1-23-19-7-5-16(11-17(19)6-8-20(23)25)18-10-15(12-22-13-18)14-24-9-3-2-4-21(24)26/h5,7,10-13H,2-4,6,8-9,14H2,1H3. The van der Waals surface area contributed by atoms with Crippen LogP contribution in [0.1, 0.15) is 36.8 Å². The number of fused-ring (bicyclic) bond motifs is 1. The first-order valence-corrected chi connectivity index (χ1v) is 9.23. The first-order valence-electron chi connectivity index (χ1n) is 9.23. The Kier molecular flexibility index (Phi) is 4.45. The molecule has 1 saturated heterocycles. The van der Waals surface area contributed by atoms with E-state index in [-0.39, 0.29) is 11.8 Å². The van der Waals surface area contributed by atoms with Gasteiger partial charge in [-0.15, -0.1) is 0 Å². The Morgan fingerprint density at radius 2 is 1.85 bits per heavy atom. The third kappa shape index (κ3) is 3.21. The summed E-state index contributed by atoms with van der Waals surface area (Å²) in [4.78, 5) is 32.0. The lowest BCUT2D eigenvalue weighted by Crippen LogP contribution is -2.34. The van der Waals surface area contributed by atoms with Crippen LogP contribution in [0.3, 0.4) is 0 Å². The lowest BCUT2D eigenvalue weighted by atomic mass is 9.96. The number of hydrogen-bond donors (Lipinski definition) is 0. The first-order chi connectivity index (χ1) is 12.6. The van der Waals surface area contributed by atoms with Crippen molar-refractivity contribution >= 4 is 17.5 Å². The average molecular weight is 349 g/mol. The Morgan fingerprint density at radius 1 is 0.962 bits per heavy atom. The lowest BCUT2D eigenvalue weighted by molar-refractivity contribution is -0.133. The minimum atomic E-state index is 0.167. The molecule has 0 aliphatic carbocycles. The summed E-state index contributed by atoms with van der Waals surface area (Å²) in [6.07, 6.45) is 7.78. The molecule has 26 heavy (non-hydrogen) atoms. The second-order valence-electron chi connectivity index (χ2n) is 7.15. The molecule has 0 spiro atoms. The number of piperidine rings is 1. The maximum Gasteiger partial charge on any atom is 0.227 e. The zero-order valence-electron chi connectivity index (χ0n) is 15.1. The van der Waals surface area contributed by atoms with Crippen LogP contribution in [0.25, 0.3) is 11.1 Å². The lowest BCUT2D eigenvalue weighted by Gasteiger charge is -2.27. The van der Waals surface area contributed by atoms with Gasteiger partial charge in [0, 0.05) is 56.6 Å². The summed E-state index contributed by atoms with van der Waals surface area (Å²) in [6, 6.07) is 8.34. The predicted molar refractivity (Wildman–Crippen MR) is 101 cm³/mol. The van der Waals surface area contributed by atoms with Crippen LogP contribution in [0.4, 0.5) is 5.69 Å². The van der Waals surface area contributed by atoms with Gasteiger partial charge in [-0.25, -0.2) is 0 Å². The molecule has 2 aliphatic heterocycles. The van der Waals surface area contributed by atoms with Crippen LogP contribution in [0.2, 0.25) is 0 Å². The van der Waals surface area contributed by atoms with Crippen LogP contribution in [-0.2, 0) is 22.6 Å². The van der Waals surface area contributed by atoms with Crippen LogP contribution in [0, 0.1) is 0 Å². The normalized spacial score (nSPS) is 17.4. The third-order valence-corrected chi connectivity index (χ3v) is 5.35. The van der Waals surface area contributed by atoms with Gasteiger partial charge in [-0.05, 0) is 54.2 Å². The number of pyridine rings is 1. The van der Waals surface area contributed by atoms with Gasteiger partial charge in [0.1, 0.15) is 0 Å². The van der Waals surface area contributed by atoms with Crippen molar-refractivity contribution in [2.24, 2.45) is 0 Å². The highest BCUT2D eigenvalue weighted by Gasteiger charge is 2.21. The van der Waals surface area contributed by atoms with Crippen LogP contribution in [-0.4, -0.2) is 35.3 Å². The number of aryl methyl sites for hydroxylation is 1. The molecule has 4 rings (SSSR count). The molecule has 2 aromatic rings. The van der Waals surface area contributed by atoms with Gasteiger partial charge in [-0.1, -0.05) is 6.07 Å². The number of amides is 2. The zero-order valence-corrected chi connectivity index (χ0v) is 15.1. The van der Waals surface area contributed by atoms with Crippen molar-refractivity contribution in [3.63, 3.8) is 0 Å². The molecule has 0 saturated carbocycles. The van der Waals surface area contributed by atoms with Crippen LogP contribution in [0.15, 0.2) is 36.7 Å². The summed E-state index contributed by atoms with van der Waals surface area (Å²) in [5.41, 5.74) is 5.40. The smallest absolute Gasteiger partial charge is 0.227 e. The highest BCUT2D eigenvalue weighted by molar-refractivity contribution is 5.96. The summed E-state index contributed by atoms with van der Waals surface area (Å²) < 4.78 is 0. The summed E-state index contributed by atoms with van der Waals surface area (Å²) in [6.45, 7) is 1.46. The Hall–Kier alpha value is -2.69. The van der Waals surface area contributed by atoms with Gasteiger partial charge >= 0.3 is 0 Å². The average Bonchev–Trinajstić information content (AvgIpc) is 2.67. The fourth-order valence-corrected chi connectivity index (χ4v) is 3.82. The molecule has 0 unspecified atom stereocenters. The number of aromatic nitrogens is 1. The highest BCUT2D eigenvalue weighted by Crippen LogP contribution is 2.31. The molecule has 1 aromatic heterocycles. The largest absolute Gasteiger partial charge is 0.338 e. The van der Waals surface area contributed by atoms with Crippen LogP contribution < -0.4 is 4.90 Å². The van der Waals surface area contributed by atoms with E-state index in [9.17, 15) is 9.59 Å². The molecule has 5 heteroatoms. The number of nitrogens with zero attached hydrogens (tertiary/aromatic N) is 3. The molecule has 134 valence electrons. The second kappa shape index (κ2) is 6.90. The van der Waals surface area contributed by atoms with E-state index in [4.69, 9.17) is 0 Å². The van der Waals surface area contributed by atoms with Crippen molar-refractivity contribution in [3.8, 4) is 11.1 Å². The SMILES string of the molecule is CN1C(=O)CCc2cc(-c3cncc(CN4CCCCC4=O)c3)ccc21. The second-order valence-corrected chi connectivity index (χ2v) is 7.15. The molecular weight excluding hydrogens is 326 g/mol. The first kappa shape index (κ1) is 16.8. The number of anilines is 1.